The van der Waals surface area contributed by atoms with Crippen LogP contribution in [0.25, 0.3) is 22.4 Å². The molecule has 32 heavy (non-hydrogen) atoms. The number of hydrogen-bond acceptors (Lipinski definition) is 7. The third-order valence-electron chi connectivity index (χ3n) is 5.54. The van der Waals surface area contributed by atoms with Crippen LogP contribution in [0.15, 0.2) is 42.6 Å². The van der Waals surface area contributed by atoms with E-state index in [4.69, 9.17) is 9.47 Å². The van der Waals surface area contributed by atoms with E-state index in [1.54, 1.807) is 19.4 Å². The van der Waals surface area contributed by atoms with Gasteiger partial charge in [0.15, 0.2) is 11.6 Å². The normalized spacial score (nSPS) is 14.0. The lowest BCUT2D eigenvalue weighted by molar-refractivity contribution is 0.122. The van der Waals surface area contributed by atoms with E-state index in [0.29, 0.717) is 41.5 Å². The molecule has 0 atom stereocenters. The van der Waals surface area contributed by atoms with E-state index in [1.807, 2.05) is 31.2 Å². The number of nitrogens with one attached hydrogen (secondary N) is 2. The molecule has 1 aliphatic rings. The van der Waals surface area contributed by atoms with Gasteiger partial charge in [-0.15, -0.1) is 0 Å². The molecule has 1 fully saturated rings. The monoisotopic (exact) mass is 434 g/mol. The van der Waals surface area contributed by atoms with Crippen LogP contribution in [0.2, 0.25) is 0 Å². The highest BCUT2D eigenvalue weighted by atomic mass is 19.1. The van der Waals surface area contributed by atoms with Gasteiger partial charge in [0.25, 0.3) is 0 Å². The van der Waals surface area contributed by atoms with Crippen molar-refractivity contribution < 1.29 is 13.9 Å². The van der Waals surface area contributed by atoms with Crippen molar-refractivity contribution in [3.8, 4) is 17.1 Å². The molecule has 0 amide bonds. The van der Waals surface area contributed by atoms with Gasteiger partial charge in [-0.1, -0.05) is 12.1 Å². The molecule has 0 spiro atoms. The summed E-state index contributed by atoms with van der Waals surface area (Å²) in [6, 6.07) is 10.8. The van der Waals surface area contributed by atoms with E-state index in [2.05, 4.69) is 30.4 Å². The molecule has 3 heterocycles. The van der Waals surface area contributed by atoms with Crippen LogP contribution in [-0.4, -0.2) is 53.6 Å². The zero-order chi connectivity index (χ0) is 22.1. The van der Waals surface area contributed by atoms with E-state index in [1.165, 1.54) is 6.07 Å². The molecular formula is C23H23FN6O2. The van der Waals surface area contributed by atoms with Crippen LogP contribution in [0.5, 0.6) is 5.75 Å². The number of aromatic amines is 1. The Kier molecular flexibility index (Phi) is 5.32. The number of fused-ring (bicyclic) bond motifs is 1. The maximum Gasteiger partial charge on any atom is 0.165 e. The number of halogens is 1. The Morgan fingerprint density at radius 3 is 2.78 bits per heavy atom. The van der Waals surface area contributed by atoms with Crippen LogP contribution in [-0.2, 0) is 4.74 Å². The van der Waals surface area contributed by atoms with Crippen LogP contribution in [0.3, 0.4) is 0 Å². The van der Waals surface area contributed by atoms with Crippen molar-refractivity contribution in [1.82, 2.24) is 20.2 Å². The number of nitrogens with zero attached hydrogens (tertiary/aromatic N) is 4. The Labute approximate surface area is 184 Å². The number of aryl methyl sites for hydroxylation is 1. The van der Waals surface area contributed by atoms with Gasteiger partial charge in [0.05, 0.1) is 37.8 Å². The molecule has 1 aliphatic heterocycles. The fourth-order valence-electron chi connectivity index (χ4n) is 3.91. The number of anilines is 3. The molecule has 8 nitrogen and oxygen atoms in total. The smallest absolute Gasteiger partial charge is 0.165 e. The Balaban J connectivity index is 1.53. The van der Waals surface area contributed by atoms with Crippen molar-refractivity contribution >= 4 is 28.2 Å². The molecule has 0 unspecified atom stereocenters. The molecule has 5 rings (SSSR count). The molecule has 2 N–H and O–H groups in total. The second-order valence-corrected chi connectivity index (χ2v) is 7.57. The minimum absolute atomic E-state index is 0.300. The lowest BCUT2D eigenvalue weighted by Gasteiger charge is -2.30. The van der Waals surface area contributed by atoms with Gasteiger partial charge in [0.2, 0.25) is 0 Å². The zero-order valence-electron chi connectivity index (χ0n) is 17.9. The maximum atomic E-state index is 14.6. The number of H-pyrrole nitrogens is 1. The second-order valence-electron chi connectivity index (χ2n) is 7.57. The first-order chi connectivity index (χ1) is 15.6. The first-order valence-electron chi connectivity index (χ1n) is 10.4. The van der Waals surface area contributed by atoms with Gasteiger partial charge in [-0.05, 0) is 30.7 Å². The summed E-state index contributed by atoms with van der Waals surface area (Å²) in [5.74, 6) is 1.19. The van der Waals surface area contributed by atoms with Gasteiger partial charge < -0.3 is 19.7 Å². The summed E-state index contributed by atoms with van der Waals surface area (Å²) in [5, 5.41) is 10.3. The summed E-state index contributed by atoms with van der Waals surface area (Å²) >= 11 is 0. The van der Waals surface area contributed by atoms with E-state index in [-0.39, 0.29) is 5.82 Å². The van der Waals surface area contributed by atoms with Crippen molar-refractivity contribution in [2.75, 3.05) is 43.6 Å². The van der Waals surface area contributed by atoms with E-state index < -0.39 is 0 Å². The van der Waals surface area contributed by atoms with Crippen LogP contribution in [0.4, 0.5) is 21.6 Å². The van der Waals surface area contributed by atoms with Crippen molar-refractivity contribution in [1.29, 1.82) is 0 Å². The standard InChI is InChI=1S/C23H23FN6O2/c1-14-4-3-5-16(24)20(14)22-27-17-13-25-29-21(17)23(28-22)26-15-6-7-18(19(12-15)31-2)30-8-10-32-11-9-30/h3-7,12-13H,8-11H2,1-2H3,(H,25,29)(H,26,27,28). The molecule has 0 aliphatic carbocycles. The van der Waals surface area contributed by atoms with Crippen molar-refractivity contribution in [3.05, 3.63) is 54.0 Å². The topological polar surface area (TPSA) is 88.2 Å². The lowest BCUT2D eigenvalue weighted by Crippen LogP contribution is -2.36. The van der Waals surface area contributed by atoms with Gasteiger partial charge in [0.1, 0.15) is 22.6 Å². The van der Waals surface area contributed by atoms with E-state index >= 15 is 0 Å². The second kappa shape index (κ2) is 8.43. The number of aromatic nitrogens is 4. The van der Waals surface area contributed by atoms with Gasteiger partial charge in [0, 0.05) is 24.8 Å². The van der Waals surface area contributed by atoms with E-state index in [0.717, 1.165) is 35.8 Å². The average molecular weight is 434 g/mol. The highest BCUT2D eigenvalue weighted by Crippen LogP contribution is 2.34. The van der Waals surface area contributed by atoms with Gasteiger partial charge in [-0.25, -0.2) is 14.4 Å². The first-order valence-corrected chi connectivity index (χ1v) is 10.4. The number of ether oxygens (including phenoxy) is 2. The molecule has 4 aromatic rings. The highest BCUT2D eigenvalue weighted by molar-refractivity contribution is 5.89. The first kappa shape index (κ1) is 20.2. The predicted octanol–water partition coefficient (Wildman–Crippen LogP) is 4.06. The molecule has 9 heteroatoms. The number of morpholine rings is 1. The molecule has 2 aromatic carbocycles. The maximum absolute atomic E-state index is 14.6. The number of benzene rings is 2. The van der Waals surface area contributed by atoms with Crippen molar-refractivity contribution in [3.63, 3.8) is 0 Å². The molecule has 164 valence electrons. The lowest BCUT2D eigenvalue weighted by atomic mass is 10.1. The highest BCUT2D eigenvalue weighted by Gasteiger charge is 2.18. The third-order valence-corrected chi connectivity index (χ3v) is 5.54. The summed E-state index contributed by atoms with van der Waals surface area (Å²) in [5.41, 5.74) is 4.16. The minimum Gasteiger partial charge on any atom is -0.495 e. The van der Waals surface area contributed by atoms with Crippen molar-refractivity contribution in [2.45, 2.75) is 6.92 Å². The molecule has 0 bridgehead atoms. The quantitative estimate of drug-likeness (QED) is 0.490. The Morgan fingerprint density at radius 1 is 1.16 bits per heavy atom. The molecule has 1 saturated heterocycles. The van der Waals surface area contributed by atoms with Crippen LogP contribution in [0.1, 0.15) is 5.56 Å². The van der Waals surface area contributed by atoms with Crippen LogP contribution < -0.4 is 15.0 Å². The molecule has 0 radical (unpaired) electrons. The SMILES string of the molecule is COc1cc(Nc2nc(-c3c(C)cccc3F)nc3cn[nH]c23)ccc1N1CCOCC1. The minimum atomic E-state index is -0.365. The zero-order valence-corrected chi connectivity index (χ0v) is 17.9. The molecular weight excluding hydrogens is 411 g/mol. The molecule has 2 aromatic heterocycles. The summed E-state index contributed by atoms with van der Waals surface area (Å²) < 4.78 is 25.7. The summed E-state index contributed by atoms with van der Waals surface area (Å²) in [6.07, 6.45) is 1.60. The molecule has 0 saturated carbocycles. The Hall–Kier alpha value is -3.72. The fourth-order valence-corrected chi connectivity index (χ4v) is 3.91. The van der Waals surface area contributed by atoms with Crippen LogP contribution in [0, 0.1) is 12.7 Å². The average Bonchev–Trinajstić information content (AvgIpc) is 3.29. The number of rotatable bonds is 5. The fraction of sp³-hybridized carbons (Fsp3) is 0.261. The summed E-state index contributed by atoms with van der Waals surface area (Å²) in [4.78, 5) is 11.4. The van der Waals surface area contributed by atoms with Crippen LogP contribution >= 0.6 is 0 Å². The predicted molar refractivity (Wildman–Crippen MR) is 121 cm³/mol. The summed E-state index contributed by atoms with van der Waals surface area (Å²) in [7, 11) is 1.65. The Morgan fingerprint density at radius 2 is 2.00 bits per heavy atom. The van der Waals surface area contributed by atoms with E-state index in [9.17, 15) is 4.39 Å². The Bertz CT molecular complexity index is 1250. The van der Waals surface area contributed by atoms with Crippen molar-refractivity contribution in [2.24, 2.45) is 0 Å². The number of methoxy groups -OCH3 is 1. The summed E-state index contributed by atoms with van der Waals surface area (Å²) in [6.45, 7) is 4.86. The largest absolute Gasteiger partial charge is 0.495 e. The van der Waals surface area contributed by atoms with Gasteiger partial charge in [-0.2, -0.15) is 5.10 Å². The number of hydrogen-bond donors (Lipinski definition) is 2. The van der Waals surface area contributed by atoms with Gasteiger partial charge >= 0.3 is 0 Å². The van der Waals surface area contributed by atoms with Gasteiger partial charge in [-0.3, -0.25) is 5.10 Å². The third kappa shape index (κ3) is 3.71.